The Morgan fingerprint density at radius 1 is 1.71 bits per heavy atom. The van der Waals surface area contributed by atoms with Crippen LogP contribution >= 0.6 is 0 Å². The lowest BCUT2D eigenvalue weighted by Crippen LogP contribution is -2.13. The van der Waals surface area contributed by atoms with Gasteiger partial charge in [-0.1, -0.05) is 6.32 Å². The molecule has 0 unspecified atom stereocenters. The highest BCUT2D eigenvalue weighted by atomic mass is 14.8. The van der Waals surface area contributed by atoms with Gasteiger partial charge in [0.2, 0.25) is 0 Å². The molecule has 0 fully saturated rings. The van der Waals surface area contributed by atoms with Gasteiger partial charge in [-0.2, -0.15) is 0 Å². The molecule has 0 bridgehead atoms. The minimum Gasteiger partial charge on any atom is -0.320 e. The number of hydrogen-bond acceptors (Lipinski definition) is 1. The van der Waals surface area contributed by atoms with Crippen molar-refractivity contribution in [2.24, 2.45) is 0 Å². The lowest BCUT2D eigenvalue weighted by molar-refractivity contribution is 0.861. The Balaban J connectivity index is 2.45. The molecule has 0 rings (SSSR count). The minimum atomic E-state index is 1.01. The van der Waals surface area contributed by atoms with Gasteiger partial charge in [-0.15, -0.1) is 0 Å². The molecule has 0 aromatic heterocycles. The SMILES string of the molecule is [B][B][B]CCNC. The van der Waals surface area contributed by atoms with Gasteiger partial charge in [0.1, 0.15) is 0 Å². The topological polar surface area (TPSA) is 12.0 Å². The minimum absolute atomic E-state index is 1.01. The Kier molecular flexibility index (Phi) is 6.29. The molecule has 0 spiro atoms. The molecule has 4 heteroatoms. The Labute approximate surface area is 48.1 Å². The maximum absolute atomic E-state index is 5.06. The van der Waals surface area contributed by atoms with Crippen molar-refractivity contribution >= 4 is 22.0 Å². The molecule has 1 N–H and O–H groups in total. The van der Waals surface area contributed by atoms with Crippen LogP contribution in [0.1, 0.15) is 0 Å². The Morgan fingerprint density at radius 2 is 2.43 bits per heavy atom. The Morgan fingerprint density at radius 3 is 2.86 bits per heavy atom. The van der Waals surface area contributed by atoms with E-state index in [0.29, 0.717) is 0 Å². The second-order valence-corrected chi connectivity index (χ2v) is 1.32. The number of hydrogen-bond donors (Lipinski definition) is 1. The van der Waals surface area contributed by atoms with Gasteiger partial charge in [0.15, 0.2) is 0 Å². The first-order valence-corrected chi connectivity index (χ1v) is 2.43. The standard InChI is InChI=1S/C3H8B3N/c1-7-3-2-5-6-4/h7H,2-3H2,1H3. The molecule has 1 nitrogen and oxygen atoms in total. The predicted octanol–water partition coefficient (Wildman–Crippen LogP) is -0.969. The Hall–Kier alpha value is 0.155. The van der Waals surface area contributed by atoms with Crippen LogP contribution in [0.3, 0.4) is 0 Å². The highest BCUT2D eigenvalue weighted by Gasteiger charge is 1.81. The highest BCUT2D eigenvalue weighted by molar-refractivity contribution is 7.23. The van der Waals surface area contributed by atoms with Crippen LogP contribution in [0.5, 0.6) is 0 Å². The lowest BCUT2D eigenvalue weighted by atomic mass is 9.27. The third-order valence-electron chi connectivity index (χ3n) is 0.697. The van der Waals surface area contributed by atoms with Gasteiger partial charge in [-0.25, -0.2) is 0 Å². The van der Waals surface area contributed by atoms with Crippen molar-refractivity contribution in [1.82, 2.24) is 5.32 Å². The smallest absolute Gasteiger partial charge is 0.0561 e. The summed E-state index contributed by atoms with van der Waals surface area (Å²) in [7, 11) is 10.5. The second kappa shape index (κ2) is 6.15. The zero-order valence-electron chi connectivity index (χ0n) is 4.65. The molecule has 0 aliphatic heterocycles. The van der Waals surface area contributed by atoms with E-state index < -0.39 is 0 Å². The van der Waals surface area contributed by atoms with E-state index in [2.05, 4.69) is 5.32 Å². The fourth-order valence-corrected chi connectivity index (χ4v) is 0.324. The molecule has 0 aromatic carbocycles. The molecule has 0 saturated carbocycles. The fraction of sp³-hybridized carbons (Fsp3) is 1.00. The molecule has 7 heavy (non-hydrogen) atoms. The van der Waals surface area contributed by atoms with Gasteiger partial charge in [0.05, 0.1) is 7.17 Å². The van der Waals surface area contributed by atoms with Gasteiger partial charge in [0.25, 0.3) is 0 Å². The first kappa shape index (κ1) is 7.15. The van der Waals surface area contributed by atoms with E-state index in [-0.39, 0.29) is 0 Å². The van der Waals surface area contributed by atoms with Crippen LogP contribution in [0.2, 0.25) is 6.32 Å². The van der Waals surface area contributed by atoms with E-state index >= 15 is 0 Å². The molecule has 0 aromatic rings. The first-order valence-electron chi connectivity index (χ1n) is 2.43. The van der Waals surface area contributed by atoms with Crippen LogP contribution in [0.25, 0.3) is 0 Å². The van der Waals surface area contributed by atoms with E-state index in [1.165, 1.54) is 0 Å². The van der Waals surface area contributed by atoms with Crippen LogP contribution in [0.15, 0.2) is 0 Å². The summed E-state index contributed by atoms with van der Waals surface area (Å²) < 4.78 is 0. The van der Waals surface area contributed by atoms with E-state index in [0.717, 1.165) is 12.9 Å². The zero-order chi connectivity index (χ0) is 5.54. The molecule has 0 saturated heterocycles. The summed E-state index contributed by atoms with van der Waals surface area (Å²) in [5.41, 5.74) is 0. The van der Waals surface area contributed by atoms with E-state index in [1.807, 2.05) is 14.2 Å². The van der Waals surface area contributed by atoms with Crippen LogP contribution in [0, 0.1) is 0 Å². The Bertz CT molecular complexity index is 29.4. The van der Waals surface area contributed by atoms with Crippen LogP contribution in [0.4, 0.5) is 0 Å². The van der Waals surface area contributed by atoms with Crippen molar-refractivity contribution in [2.45, 2.75) is 6.32 Å². The van der Waals surface area contributed by atoms with Crippen LogP contribution in [-0.4, -0.2) is 35.6 Å². The molecule has 4 radical (unpaired) electrons. The number of nitrogens with one attached hydrogen (secondary N) is 1. The van der Waals surface area contributed by atoms with Crippen LogP contribution in [-0.2, 0) is 0 Å². The van der Waals surface area contributed by atoms with Gasteiger partial charge >= 0.3 is 0 Å². The summed E-state index contributed by atoms with van der Waals surface area (Å²) in [6, 6.07) is 0. The van der Waals surface area contributed by atoms with Crippen molar-refractivity contribution in [3.63, 3.8) is 0 Å². The van der Waals surface area contributed by atoms with E-state index in [4.69, 9.17) is 7.74 Å². The van der Waals surface area contributed by atoms with Gasteiger partial charge in [-0.05, 0) is 13.6 Å². The monoisotopic (exact) mass is 91.1 g/mol. The summed E-state index contributed by atoms with van der Waals surface area (Å²) in [6.45, 7) is 1.01. The quantitative estimate of drug-likeness (QED) is 0.346. The third kappa shape index (κ3) is 6.15. The maximum Gasteiger partial charge on any atom is 0.0561 e. The molecular weight excluding hydrogens is 82.5 g/mol. The van der Waals surface area contributed by atoms with Gasteiger partial charge in [0, 0.05) is 14.8 Å². The van der Waals surface area contributed by atoms with Crippen molar-refractivity contribution < 1.29 is 0 Å². The second-order valence-electron chi connectivity index (χ2n) is 1.32. The molecule has 0 aliphatic rings. The molecular formula is C3H8B3N. The summed E-state index contributed by atoms with van der Waals surface area (Å²) in [6.07, 6.45) is 1.02. The fourth-order valence-electron chi connectivity index (χ4n) is 0.324. The molecule has 0 amide bonds. The molecule has 34 valence electrons. The largest absolute Gasteiger partial charge is 0.320 e. The lowest BCUT2D eigenvalue weighted by Gasteiger charge is -1.91. The van der Waals surface area contributed by atoms with Crippen molar-refractivity contribution in [2.75, 3.05) is 13.6 Å². The highest BCUT2D eigenvalue weighted by Crippen LogP contribution is 1.67. The van der Waals surface area contributed by atoms with Gasteiger partial charge < -0.3 is 5.32 Å². The van der Waals surface area contributed by atoms with E-state index in [1.54, 1.807) is 7.06 Å². The van der Waals surface area contributed by atoms with Crippen molar-refractivity contribution in [3.8, 4) is 0 Å². The van der Waals surface area contributed by atoms with Crippen molar-refractivity contribution in [3.05, 3.63) is 0 Å². The normalized spacial score (nSPS) is 8.14. The first-order chi connectivity index (χ1) is 3.41. The average Bonchev–Trinajstić information content (AvgIpc) is 1.69. The maximum atomic E-state index is 5.06. The summed E-state index contributed by atoms with van der Waals surface area (Å²) >= 11 is 0. The summed E-state index contributed by atoms with van der Waals surface area (Å²) in [5, 5.41) is 3.00. The van der Waals surface area contributed by atoms with Gasteiger partial charge in [-0.3, -0.25) is 0 Å². The van der Waals surface area contributed by atoms with Crippen LogP contribution < -0.4 is 5.32 Å². The molecule has 0 atom stereocenters. The zero-order valence-corrected chi connectivity index (χ0v) is 4.65. The summed E-state index contributed by atoms with van der Waals surface area (Å²) in [5.74, 6) is 0. The molecule has 0 heterocycles. The predicted molar refractivity (Wildman–Crippen MR) is 36.0 cm³/mol. The number of rotatable bonds is 4. The van der Waals surface area contributed by atoms with Crippen molar-refractivity contribution in [1.29, 1.82) is 0 Å². The molecule has 0 aliphatic carbocycles. The summed E-state index contributed by atoms with van der Waals surface area (Å²) in [4.78, 5) is 0. The van der Waals surface area contributed by atoms with E-state index in [9.17, 15) is 0 Å². The average molecular weight is 90.5 g/mol. The third-order valence-corrected chi connectivity index (χ3v) is 0.697.